The predicted octanol–water partition coefficient (Wildman–Crippen LogP) is 3.83. The monoisotopic (exact) mass is 559 g/mol. The number of para-hydroxylation sites is 1. The van der Waals surface area contributed by atoms with Gasteiger partial charge in [0.2, 0.25) is 17.7 Å². The maximum Gasteiger partial charge on any atom is 0.246 e. The Bertz CT molecular complexity index is 1270. The lowest BCUT2D eigenvalue weighted by Gasteiger charge is -2.38. The normalized spacial score (nSPS) is 31.6. The fourth-order valence-electron chi connectivity index (χ4n) is 8.15. The number of nitrogens with zero attached hydrogens (tertiary/aromatic N) is 1. The number of nitrogens with one attached hydrogen (secondary N) is 2. The SMILES string of the molecule is CC[C@]12CCC3(O1)C(C(=O)NC1CCCCC1)N([C@@H](CO)Cc1ccccc1)C(=O)[C@@H]3[C@H]2C(=O)Nc1ccccc1. The number of aliphatic hydroxyl groups excluding tert-OH is 1. The third-order valence-corrected chi connectivity index (χ3v) is 10.1. The van der Waals surface area contributed by atoms with Crippen molar-refractivity contribution in [1.82, 2.24) is 10.2 Å². The molecule has 0 aromatic heterocycles. The quantitative estimate of drug-likeness (QED) is 0.433. The van der Waals surface area contributed by atoms with Crippen LogP contribution in [0.3, 0.4) is 0 Å². The van der Waals surface area contributed by atoms with Gasteiger partial charge < -0.3 is 25.4 Å². The minimum atomic E-state index is -1.12. The van der Waals surface area contributed by atoms with Crippen LogP contribution in [0.4, 0.5) is 5.69 Å². The molecular weight excluding hydrogens is 518 g/mol. The van der Waals surface area contributed by atoms with E-state index < -0.39 is 35.1 Å². The van der Waals surface area contributed by atoms with Gasteiger partial charge in [0.15, 0.2) is 0 Å². The number of fused-ring (bicyclic) bond motifs is 1. The molecule has 41 heavy (non-hydrogen) atoms. The standard InChI is InChI=1S/C33H41N3O5/c1-2-32-18-19-33(41-32)27(26(32)29(38)34-23-14-8-4-9-15-23)31(40)36(25(21-37)20-22-12-6-3-7-13-22)28(33)30(39)35-24-16-10-5-11-17-24/h3-4,6-9,12-15,24-28,37H,2,5,10-11,16-21H2,1H3,(H,34,38)(H,35,39)/t25-,26+,27+,28?,32-,33?/m1/s1. The summed E-state index contributed by atoms with van der Waals surface area (Å²) in [7, 11) is 0. The number of amides is 3. The maximum atomic E-state index is 14.6. The highest BCUT2D eigenvalue weighted by molar-refractivity contribution is 6.02. The van der Waals surface area contributed by atoms with Gasteiger partial charge >= 0.3 is 0 Å². The first-order valence-electron chi connectivity index (χ1n) is 15.3. The lowest BCUT2D eigenvalue weighted by Crippen LogP contribution is -2.59. The van der Waals surface area contributed by atoms with Crippen molar-refractivity contribution in [1.29, 1.82) is 0 Å². The van der Waals surface area contributed by atoms with E-state index in [1.807, 2.05) is 67.6 Å². The zero-order chi connectivity index (χ0) is 28.6. The molecule has 6 rings (SSSR count). The molecule has 1 aliphatic carbocycles. The molecule has 1 spiro atoms. The van der Waals surface area contributed by atoms with Crippen LogP contribution in [0, 0.1) is 11.8 Å². The van der Waals surface area contributed by atoms with Crippen molar-refractivity contribution in [2.24, 2.45) is 11.8 Å². The largest absolute Gasteiger partial charge is 0.394 e. The third-order valence-electron chi connectivity index (χ3n) is 10.1. The van der Waals surface area contributed by atoms with E-state index in [-0.39, 0.29) is 30.4 Å². The molecule has 6 atom stereocenters. The molecule has 218 valence electrons. The van der Waals surface area contributed by atoms with Gasteiger partial charge in [-0.15, -0.1) is 0 Å². The van der Waals surface area contributed by atoms with Crippen molar-refractivity contribution >= 4 is 23.4 Å². The molecule has 3 heterocycles. The van der Waals surface area contributed by atoms with Gasteiger partial charge in [0.05, 0.1) is 30.1 Å². The third kappa shape index (κ3) is 4.75. The van der Waals surface area contributed by atoms with Crippen LogP contribution in [0.15, 0.2) is 60.7 Å². The number of aliphatic hydroxyl groups is 1. The van der Waals surface area contributed by atoms with Gasteiger partial charge in [0.25, 0.3) is 0 Å². The minimum Gasteiger partial charge on any atom is -0.394 e. The van der Waals surface area contributed by atoms with Crippen molar-refractivity contribution in [2.45, 2.75) is 94.0 Å². The molecule has 2 bridgehead atoms. The van der Waals surface area contributed by atoms with E-state index in [4.69, 9.17) is 4.74 Å². The van der Waals surface area contributed by atoms with Crippen LogP contribution in [0.1, 0.15) is 63.9 Å². The number of anilines is 1. The van der Waals surface area contributed by atoms with Crippen LogP contribution in [-0.4, -0.2) is 63.7 Å². The zero-order valence-corrected chi connectivity index (χ0v) is 23.8. The number of ether oxygens (including phenoxy) is 1. The lowest BCUT2D eigenvalue weighted by atomic mass is 9.65. The number of carbonyl (C=O) groups excluding carboxylic acids is 3. The Morgan fingerprint density at radius 1 is 1.00 bits per heavy atom. The van der Waals surface area contributed by atoms with E-state index in [2.05, 4.69) is 10.6 Å². The summed E-state index contributed by atoms with van der Waals surface area (Å²) in [5, 5.41) is 16.9. The van der Waals surface area contributed by atoms with Gasteiger partial charge in [0.1, 0.15) is 11.6 Å². The molecule has 8 heteroatoms. The van der Waals surface area contributed by atoms with Crippen LogP contribution in [0.2, 0.25) is 0 Å². The summed E-state index contributed by atoms with van der Waals surface area (Å²) in [4.78, 5) is 44.4. The number of rotatable bonds is 9. The van der Waals surface area contributed by atoms with Gasteiger partial charge in [-0.25, -0.2) is 0 Å². The van der Waals surface area contributed by atoms with Gasteiger partial charge in [-0.3, -0.25) is 14.4 Å². The summed E-state index contributed by atoms with van der Waals surface area (Å²) in [5.74, 6) is -2.29. The van der Waals surface area contributed by atoms with E-state index in [9.17, 15) is 19.5 Å². The summed E-state index contributed by atoms with van der Waals surface area (Å²) in [6.45, 7) is 1.70. The maximum absolute atomic E-state index is 14.6. The van der Waals surface area contributed by atoms with E-state index in [0.717, 1.165) is 37.7 Å². The molecule has 3 N–H and O–H groups in total. The van der Waals surface area contributed by atoms with E-state index >= 15 is 0 Å². The highest BCUT2D eigenvalue weighted by Crippen LogP contribution is 2.64. The van der Waals surface area contributed by atoms with Gasteiger partial charge in [-0.2, -0.15) is 0 Å². The smallest absolute Gasteiger partial charge is 0.246 e. The summed E-state index contributed by atoms with van der Waals surface area (Å²) in [6, 6.07) is 17.5. The Morgan fingerprint density at radius 2 is 1.68 bits per heavy atom. The number of hydrogen-bond donors (Lipinski definition) is 3. The molecule has 8 nitrogen and oxygen atoms in total. The molecule has 1 saturated carbocycles. The van der Waals surface area contributed by atoms with Gasteiger partial charge in [-0.05, 0) is 56.2 Å². The molecule has 3 aliphatic heterocycles. The van der Waals surface area contributed by atoms with E-state index in [1.165, 1.54) is 0 Å². The molecular formula is C33H41N3O5. The molecule has 4 aliphatic rings. The predicted molar refractivity (Wildman–Crippen MR) is 155 cm³/mol. The Morgan fingerprint density at radius 3 is 2.34 bits per heavy atom. The van der Waals surface area contributed by atoms with E-state index in [0.29, 0.717) is 31.4 Å². The van der Waals surface area contributed by atoms with Crippen molar-refractivity contribution in [3.8, 4) is 0 Å². The Hall–Kier alpha value is -3.23. The molecule has 3 amide bonds. The van der Waals surface area contributed by atoms with E-state index in [1.54, 1.807) is 4.90 Å². The van der Waals surface area contributed by atoms with Crippen molar-refractivity contribution in [3.63, 3.8) is 0 Å². The first-order valence-corrected chi connectivity index (χ1v) is 15.3. The first kappa shape index (κ1) is 27.9. The number of likely N-dealkylation sites (tertiary alicyclic amines) is 1. The highest BCUT2D eigenvalue weighted by atomic mass is 16.5. The average Bonchev–Trinajstić information content (AvgIpc) is 3.61. The molecule has 4 fully saturated rings. The summed E-state index contributed by atoms with van der Waals surface area (Å²) >= 11 is 0. The molecule has 2 aromatic carbocycles. The Kier molecular flexibility index (Phi) is 7.64. The Balaban J connectivity index is 1.38. The second-order valence-corrected chi connectivity index (χ2v) is 12.3. The van der Waals surface area contributed by atoms with Gasteiger partial charge in [0, 0.05) is 11.7 Å². The molecule has 2 aromatic rings. The van der Waals surface area contributed by atoms with Crippen LogP contribution in [-0.2, 0) is 25.5 Å². The molecule has 3 saturated heterocycles. The van der Waals surface area contributed by atoms with Crippen molar-refractivity contribution in [3.05, 3.63) is 66.2 Å². The van der Waals surface area contributed by atoms with Crippen molar-refractivity contribution < 1.29 is 24.2 Å². The van der Waals surface area contributed by atoms with Crippen LogP contribution < -0.4 is 10.6 Å². The number of benzene rings is 2. The fraction of sp³-hybridized carbons (Fsp3) is 0.545. The molecule has 0 radical (unpaired) electrons. The fourth-order valence-corrected chi connectivity index (χ4v) is 8.15. The second-order valence-electron chi connectivity index (χ2n) is 12.3. The first-order chi connectivity index (χ1) is 19.9. The zero-order valence-electron chi connectivity index (χ0n) is 23.8. The molecule has 2 unspecified atom stereocenters. The van der Waals surface area contributed by atoms with Crippen LogP contribution >= 0.6 is 0 Å². The summed E-state index contributed by atoms with van der Waals surface area (Å²) in [6.07, 6.45) is 7.22. The summed E-state index contributed by atoms with van der Waals surface area (Å²) < 4.78 is 6.89. The van der Waals surface area contributed by atoms with Crippen LogP contribution in [0.25, 0.3) is 0 Å². The Labute approximate surface area is 241 Å². The number of carbonyl (C=O) groups is 3. The number of hydrogen-bond acceptors (Lipinski definition) is 5. The summed E-state index contributed by atoms with van der Waals surface area (Å²) in [5.41, 5.74) is -0.307. The highest BCUT2D eigenvalue weighted by Gasteiger charge is 2.79. The minimum absolute atomic E-state index is 0.0567. The van der Waals surface area contributed by atoms with Gasteiger partial charge in [-0.1, -0.05) is 74.7 Å². The average molecular weight is 560 g/mol. The van der Waals surface area contributed by atoms with Crippen LogP contribution in [0.5, 0.6) is 0 Å². The van der Waals surface area contributed by atoms with Crippen molar-refractivity contribution in [2.75, 3.05) is 11.9 Å². The second kappa shape index (κ2) is 11.2. The lowest BCUT2D eigenvalue weighted by molar-refractivity contribution is -0.150. The topological polar surface area (TPSA) is 108 Å².